The number of ether oxygens (including phenoxy) is 2. The Kier molecular flexibility index (Phi) is 4.69. The van der Waals surface area contributed by atoms with Gasteiger partial charge in [-0.25, -0.2) is 4.39 Å². The van der Waals surface area contributed by atoms with Crippen molar-refractivity contribution in [2.45, 2.75) is 6.61 Å². The van der Waals surface area contributed by atoms with E-state index in [9.17, 15) is 13.2 Å². The van der Waals surface area contributed by atoms with E-state index in [2.05, 4.69) is 4.74 Å². The molecule has 3 nitrogen and oxygen atoms in total. The highest BCUT2D eigenvalue weighted by atomic mass is 35.5. The highest BCUT2D eigenvalue weighted by Gasteiger charge is 2.16. The highest BCUT2D eigenvalue weighted by molar-refractivity contribution is 6.42. The van der Waals surface area contributed by atoms with E-state index < -0.39 is 18.2 Å². The fraction of sp³-hybridized carbons (Fsp3) is 0.0769. The first kappa shape index (κ1) is 15.6. The average molecular weight is 338 g/mol. The standard InChI is InChI=1S/C13H8Cl2F3NO2/c14-6-2-1-3-9(12(6)15)20-11-5-10(21-13(17)18)7(16)4-8(11)19/h1-5,13H,19H2. The Morgan fingerprint density at radius 3 is 2.43 bits per heavy atom. The molecule has 2 aromatic carbocycles. The SMILES string of the molecule is Nc1cc(F)c(OC(F)F)cc1Oc1cccc(Cl)c1Cl. The van der Waals surface area contributed by atoms with Crippen LogP contribution in [0.2, 0.25) is 10.0 Å². The van der Waals surface area contributed by atoms with Gasteiger partial charge in [-0.15, -0.1) is 0 Å². The lowest BCUT2D eigenvalue weighted by Crippen LogP contribution is -2.05. The maximum absolute atomic E-state index is 13.4. The van der Waals surface area contributed by atoms with Gasteiger partial charge in [0.25, 0.3) is 0 Å². The lowest BCUT2D eigenvalue weighted by atomic mass is 10.2. The van der Waals surface area contributed by atoms with Gasteiger partial charge in [0, 0.05) is 12.1 Å². The van der Waals surface area contributed by atoms with E-state index in [1.807, 2.05) is 0 Å². The Morgan fingerprint density at radius 1 is 1.05 bits per heavy atom. The van der Waals surface area contributed by atoms with Crippen LogP contribution in [0.15, 0.2) is 30.3 Å². The van der Waals surface area contributed by atoms with E-state index in [-0.39, 0.29) is 27.2 Å². The van der Waals surface area contributed by atoms with Crippen molar-refractivity contribution in [2.75, 3.05) is 5.73 Å². The fourth-order valence-corrected chi connectivity index (χ4v) is 1.84. The second kappa shape index (κ2) is 6.32. The minimum atomic E-state index is -3.18. The topological polar surface area (TPSA) is 44.5 Å². The van der Waals surface area contributed by atoms with Gasteiger partial charge in [0.1, 0.15) is 10.8 Å². The van der Waals surface area contributed by atoms with E-state index in [4.69, 9.17) is 33.7 Å². The summed E-state index contributed by atoms with van der Waals surface area (Å²) >= 11 is 11.7. The van der Waals surface area contributed by atoms with Crippen LogP contribution < -0.4 is 15.2 Å². The van der Waals surface area contributed by atoms with Gasteiger partial charge in [0.15, 0.2) is 17.3 Å². The summed E-state index contributed by atoms with van der Waals surface area (Å²) in [6, 6.07) is 6.32. The fourth-order valence-electron chi connectivity index (χ4n) is 1.51. The summed E-state index contributed by atoms with van der Waals surface area (Å²) in [6.07, 6.45) is 0. The van der Waals surface area contributed by atoms with Gasteiger partial charge in [0.05, 0.1) is 10.7 Å². The molecule has 21 heavy (non-hydrogen) atoms. The van der Waals surface area contributed by atoms with Crippen molar-refractivity contribution in [3.63, 3.8) is 0 Å². The molecule has 2 N–H and O–H groups in total. The maximum atomic E-state index is 13.4. The predicted octanol–water partition coefficient (Wildman–Crippen LogP) is 5.11. The molecule has 0 amide bonds. The van der Waals surface area contributed by atoms with E-state index in [0.29, 0.717) is 0 Å². The molecule has 2 rings (SSSR count). The third-order valence-corrected chi connectivity index (χ3v) is 3.22. The molecule has 0 unspecified atom stereocenters. The molecule has 0 heterocycles. The molecule has 0 spiro atoms. The monoisotopic (exact) mass is 337 g/mol. The van der Waals surface area contributed by atoms with Crippen LogP contribution in [0.4, 0.5) is 18.9 Å². The summed E-state index contributed by atoms with van der Waals surface area (Å²) < 4.78 is 47.2. The molecule has 112 valence electrons. The number of nitrogens with two attached hydrogens (primary N) is 1. The van der Waals surface area contributed by atoms with Crippen molar-refractivity contribution in [1.29, 1.82) is 0 Å². The Morgan fingerprint density at radius 2 is 1.76 bits per heavy atom. The van der Waals surface area contributed by atoms with E-state index in [1.54, 1.807) is 6.07 Å². The van der Waals surface area contributed by atoms with Gasteiger partial charge in [-0.3, -0.25) is 0 Å². The summed E-state index contributed by atoms with van der Waals surface area (Å²) in [4.78, 5) is 0. The molecule has 8 heteroatoms. The molecule has 0 saturated heterocycles. The molecule has 0 radical (unpaired) electrons. The molecule has 0 aliphatic rings. The molecule has 2 aromatic rings. The Labute approximate surface area is 128 Å². The average Bonchev–Trinajstić information content (AvgIpc) is 2.40. The maximum Gasteiger partial charge on any atom is 0.387 e. The van der Waals surface area contributed by atoms with Gasteiger partial charge >= 0.3 is 6.61 Å². The molecular formula is C13H8Cl2F3NO2. The summed E-state index contributed by atoms with van der Waals surface area (Å²) in [5, 5.41) is 0.345. The van der Waals surface area contributed by atoms with Crippen molar-refractivity contribution in [2.24, 2.45) is 0 Å². The van der Waals surface area contributed by atoms with E-state index >= 15 is 0 Å². The number of halogens is 5. The van der Waals surface area contributed by atoms with Crippen LogP contribution in [0, 0.1) is 5.82 Å². The van der Waals surface area contributed by atoms with Crippen LogP contribution in [0.3, 0.4) is 0 Å². The zero-order valence-corrected chi connectivity index (χ0v) is 11.8. The van der Waals surface area contributed by atoms with Gasteiger partial charge in [0.2, 0.25) is 0 Å². The van der Waals surface area contributed by atoms with Crippen LogP contribution in [0.5, 0.6) is 17.2 Å². The number of benzene rings is 2. The van der Waals surface area contributed by atoms with E-state index in [0.717, 1.165) is 12.1 Å². The first-order valence-corrected chi connectivity index (χ1v) is 6.29. The Balaban J connectivity index is 2.37. The van der Waals surface area contributed by atoms with Crippen molar-refractivity contribution in [1.82, 2.24) is 0 Å². The number of alkyl halides is 2. The van der Waals surface area contributed by atoms with Crippen molar-refractivity contribution in [3.05, 3.63) is 46.2 Å². The lowest BCUT2D eigenvalue weighted by Gasteiger charge is -2.13. The molecule has 0 aliphatic carbocycles. The minimum Gasteiger partial charge on any atom is -0.453 e. The number of rotatable bonds is 4. The van der Waals surface area contributed by atoms with Crippen LogP contribution in [0.1, 0.15) is 0 Å². The molecule has 0 atom stereocenters. The summed E-state index contributed by atoms with van der Waals surface area (Å²) in [5.74, 6) is -1.66. The molecule has 0 saturated carbocycles. The van der Waals surface area contributed by atoms with Crippen molar-refractivity contribution < 1.29 is 22.6 Å². The zero-order chi connectivity index (χ0) is 15.6. The second-order valence-electron chi connectivity index (χ2n) is 3.85. The molecule has 0 aromatic heterocycles. The Bertz CT molecular complexity index is 668. The lowest BCUT2D eigenvalue weighted by molar-refractivity contribution is -0.0522. The first-order chi connectivity index (χ1) is 9.88. The minimum absolute atomic E-state index is 0.0868. The molecule has 0 bridgehead atoms. The third kappa shape index (κ3) is 3.65. The van der Waals surface area contributed by atoms with Crippen LogP contribution >= 0.6 is 23.2 Å². The number of nitrogen functional groups attached to an aromatic ring is 1. The van der Waals surface area contributed by atoms with Gasteiger partial charge < -0.3 is 15.2 Å². The summed E-state index contributed by atoms with van der Waals surface area (Å²) in [5.41, 5.74) is 5.47. The predicted molar refractivity (Wildman–Crippen MR) is 74.0 cm³/mol. The zero-order valence-electron chi connectivity index (χ0n) is 10.2. The number of anilines is 1. The van der Waals surface area contributed by atoms with Gasteiger partial charge in [-0.05, 0) is 12.1 Å². The number of hydrogen-bond donors (Lipinski definition) is 1. The van der Waals surface area contributed by atoms with Crippen LogP contribution in [0.25, 0.3) is 0 Å². The molecule has 0 fully saturated rings. The van der Waals surface area contributed by atoms with Crippen molar-refractivity contribution in [3.8, 4) is 17.2 Å². The van der Waals surface area contributed by atoms with E-state index in [1.165, 1.54) is 12.1 Å². The number of hydrogen-bond acceptors (Lipinski definition) is 3. The van der Waals surface area contributed by atoms with Gasteiger partial charge in [-0.2, -0.15) is 8.78 Å². The molecular weight excluding hydrogens is 330 g/mol. The first-order valence-electron chi connectivity index (χ1n) is 5.54. The highest BCUT2D eigenvalue weighted by Crippen LogP contribution is 2.38. The quantitative estimate of drug-likeness (QED) is 0.788. The second-order valence-corrected chi connectivity index (χ2v) is 4.64. The summed E-state index contributed by atoms with van der Waals surface area (Å²) in [7, 11) is 0. The largest absolute Gasteiger partial charge is 0.453 e. The molecule has 0 aliphatic heterocycles. The van der Waals surface area contributed by atoms with Crippen LogP contribution in [-0.2, 0) is 0 Å². The smallest absolute Gasteiger partial charge is 0.387 e. The van der Waals surface area contributed by atoms with Gasteiger partial charge in [-0.1, -0.05) is 29.3 Å². The summed E-state index contributed by atoms with van der Waals surface area (Å²) in [6.45, 7) is -3.18. The third-order valence-electron chi connectivity index (χ3n) is 2.42. The van der Waals surface area contributed by atoms with Crippen LogP contribution in [-0.4, -0.2) is 6.61 Å². The normalized spacial score (nSPS) is 10.8. The van der Waals surface area contributed by atoms with Crippen molar-refractivity contribution >= 4 is 28.9 Å². The Hall–Kier alpha value is -1.79.